The van der Waals surface area contributed by atoms with Gasteiger partial charge >= 0.3 is 0 Å². The van der Waals surface area contributed by atoms with Crippen molar-refractivity contribution < 1.29 is 9.13 Å². The van der Waals surface area contributed by atoms with Crippen LogP contribution in [-0.2, 0) is 11.3 Å². The minimum atomic E-state index is -0.455. The van der Waals surface area contributed by atoms with Gasteiger partial charge in [0, 0.05) is 25.3 Å². The van der Waals surface area contributed by atoms with E-state index in [9.17, 15) is 4.39 Å². The van der Waals surface area contributed by atoms with Crippen molar-refractivity contribution in [1.29, 1.82) is 0 Å². The van der Waals surface area contributed by atoms with Gasteiger partial charge in [-0.15, -0.1) is 5.10 Å². The molecule has 0 aliphatic carbocycles. The lowest BCUT2D eigenvalue weighted by Gasteiger charge is -2.21. The third-order valence-corrected chi connectivity index (χ3v) is 3.56. The zero-order valence-electron chi connectivity index (χ0n) is 11.0. The molecule has 1 aromatic heterocycles. The van der Waals surface area contributed by atoms with Gasteiger partial charge < -0.3 is 10.5 Å². The van der Waals surface area contributed by atoms with E-state index in [4.69, 9.17) is 10.5 Å². The topological polar surface area (TPSA) is 78.9 Å². The van der Waals surface area contributed by atoms with E-state index in [2.05, 4.69) is 15.5 Å². The second kappa shape index (κ2) is 5.54. The fourth-order valence-electron chi connectivity index (χ4n) is 2.37. The van der Waals surface area contributed by atoms with Gasteiger partial charge in [0.15, 0.2) is 5.82 Å². The van der Waals surface area contributed by atoms with Crippen molar-refractivity contribution in [3.05, 3.63) is 24.0 Å². The molecule has 7 heteroatoms. The molecule has 0 saturated carbocycles. The zero-order chi connectivity index (χ0) is 13.9. The first-order chi connectivity index (χ1) is 9.74. The van der Waals surface area contributed by atoms with E-state index in [-0.39, 0.29) is 5.69 Å². The van der Waals surface area contributed by atoms with Gasteiger partial charge in [0.05, 0.1) is 5.69 Å². The number of anilines is 1. The van der Waals surface area contributed by atoms with Crippen LogP contribution in [0.1, 0.15) is 12.8 Å². The highest BCUT2D eigenvalue weighted by atomic mass is 19.1. The van der Waals surface area contributed by atoms with Gasteiger partial charge in [0.2, 0.25) is 0 Å². The van der Waals surface area contributed by atoms with Crippen LogP contribution in [0.5, 0.6) is 0 Å². The standard InChI is InChI=1S/C13H16FN5O/c14-11-7-10(1-2-12(11)15)13-16-17-18-19(13)8-9-3-5-20-6-4-9/h1-2,7,9H,3-6,8,15H2. The monoisotopic (exact) mass is 277 g/mol. The molecule has 0 atom stereocenters. The molecule has 2 aromatic rings. The number of nitrogens with zero attached hydrogens (tertiary/aromatic N) is 4. The van der Waals surface area contributed by atoms with Crippen molar-refractivity contribution in [3.8, 4) is 11.4 Å². The lowest BCUT2D eigenvalue weighted by molar-refractivity contribution is 0.0601. The highest BCUT2D eigenvalue weighted by molar-refractivity contribution is 5.58. The van der Waals surface area contributed by atoms with Crippen molar-refractivity contribution in [2.75, 3.05) is 18.9 Å². The van der Waals surface area contributed by atoms with Crippen LogP contribution in [-0.4, -0.2) is 33.4 Å². The molecule has 2 heterocycles. The van der Waals surface area contributed by atoms with Crippen LogP contribution in [0.2, 0.25) is 0 Å². The predicted molar refractivity (Wildman–Crippen MR) is 71.2 cm³/mol. The number of nitrogen functional groups attached to an aromatic ring is 1. The molecular weight excluding hydrogens is 261 g/mol. The summed E-state index contributed by atoms with van der Waals surface area (Å²) in [5, 5.41) is 11.7. The molecule has 6 nitrogen and oxygen atoms in total. The Labute approximate surface area is 115 Å². The predicted octanol–water partition coefficient (Wildman–Crippen LogP) is 1.49. The lowest BCUT2D eigenvalue weighted by atomic mass is 10.0. The van der Waals surface area contributed by atoms with Crippen LogP contribution in [0.25, 0.3) is 11.4 Å². The molecule has 0 spiro atoms. The van der Waals surface area contributed by atoms with Gasteiger partial charge in [-0.05, 0) is 47.4 Å². The van der Waals surface area contributed by atoms with Crippen molar-refractivity contribution in [2.45, 2.75) is 19.4 Å². The summed E-state index contributed by atoms with van der Waals surface area (Å²) >= 11 is 0. The van der Waals surface area contributed by atoms with Gasteiger partial charge in [0.25, 0.3) is 0 Å². The Morgan fingerprint density at radius 1 is 1.35 bits per heavy atom. The minimum Gasteiger partial charge on any atom is -0.396 e. The van der Waals surface area contributed by atoms with Gasteiger partial charge in [-0.1, -0.05) is 0 Å². The van der Waals surface area contributed by atoms with Crippen LogP contribution in [0.3, 0.4) is 0 Å². The molecule has 106 valence electrons. The van der Waals surface area contributed by atoms with Crippen molar-refractivity contribution in [3.63, 3.8) is 0 Å². The van der Waals surface area contributed by atoms with Gasteiger partial charge in [-0.2, -0.15) is 0 Å². The van der Waals surface area contributed by atoms with E-state index >= 15 is 0 Å². The maximum absolute atomic E-state index is 13.5. The maximum atomic E-state index is 13.5. The summed E-state index contributed by atoms with van der Waals surface area (Å²) < 4.78 is 20.6. The molecule has 1 aromatic carbocycles. The summed E-state index contributed by atoms with van der Waals surface area (Å²) in [7, 11) is 0. The molecular formula is C13H16FN5O. The first-order valence-corrected chi connectivity index (χ1v) is 6.63. The fourth-order valence-corrected chi connectivity index (χ4v) is 2.37. The number of hydrogen-bond acceptors (Lipinski definition) is 5. The zero-order valence-corrected chi connectivity index (χ0v) is 11.0. The molecule has 0 amide bonds. The second-order valence-corrected chi connectivity index (χ2v) is 4.98. The molecule has 0 radical (unpaired) electrons. The number of nitrogens with two attached hydrogens (primary N) is 1. The Kier molecular flexibility index (Phi) is 3.60. The first-order valence-electron chi connectivity index (χ1n) is 6.63. The van der Waals surface area contributed by atoms with E-state index in [1.807, 2.05) is 0 Å². The summed E-state index contributed by atoms with van der Waals surface area (Å²) in [6, 6.07) is 4.62. The number of rotatable bonds is 3. The van der Waals surface area contributed by atoms with Crippen molar-refractivity contribution in [2.24, 2.45) is 5.92 Å². The summed E-state index contributed by atoms with van der Waals surface area (Å²) in [4.78, 5) is 0. The third kappa shape index (κ3) is 2.62. The molecule has 3 rings (SSSR count). The smallest absolute Gasteiger partial charge is 0.182 e. The van der Waals surface area contributed by atoms with E-state index in [1.54, 1.807) is 10.7 Å². The summed E-state index contributed by atoms with van der Waals surface area (Å²) in [5.74, 6) is 0.600. The highest BCUT2D eigenvalue weighted by Gasteiger charge is 2.18. The molecule has 0 unspecified atom stereocenters. The van der Waals surface area contributed by atoms with Crippen molar-refractivity contribution >= 4 is 5.69 Å². The summed E-state index contributed by atoms with van der Waals surface area (Å²) in [5.41, 5.74) is 6.24. The van der Waals surface area contributed by atoms with E-state index < -0.39 is 5.82 Å². The Hall–Kier alpha value is -2.02. The van der Waals surface area contributed by atoms with Gasteiger partial charge in [-0.3, -0.25) is 0 Å². The Morgan fingerprint density at radius 2 is 2.15 bits per heavy atom. The number of hydrogen-bond donors (Lipinski definition) is 1. The molecule has 1 aliphatic rings. The lowest BCUT2D eigenvalue weighted by Crippen LogP contribution is -2.21. The molecule has 1 aliphatic heterocycles. The maximum Gasteiger partial charge on any atom is 0.182 e. The number of halogens is 1. The van der Waals surface area contributed by atoms with Crippen LogP contribution in [0.15, 0.2) is 18.2 Å². The number of ether oxygens (including phenoxy) is 1. The fraction of sp³-hybridized carbons (Fsp3) is 0.462. The normalized spacial score (nSPS) is 16.4. The van der Waals surface area contributed by atoms with Crippen LogP contribution >= 0.6 is 0 Å². The summed E-state index contributed by atoms with van der Waals surface area (Å²) in [6.07, 6.45) is 1.99. The largest absolute Gasteiger partial charge is 0.396 e. The molecule has 1 fully saturated rings. The van der Waals surface area contributed by atoms with Crippen molar-refractivity contribution in [1.82, 2.24) is 20.2 Å². The average molecular weight is 277 g/mol. The van der Waals surface area contributed by atoms with Crippen LogP contribution in [0, 0.1) is 11.7 Å². The first kappa shape index (κ1) is 13.0. The van der Waals surface area contributed by atoms with Crippen LogP contribution < -0.4 is 5.73 Å². The van der Waals surface area contributed by atoms with E-state index in [0.717, 1.165) is 32.6 Å². The van der Waals surface area contributed by atoms with E-state index in [0.29, 0.717) is 17.3 Å². The molecule has 20 heavy (non-hydrogen) atoms. The van der Waals surface area contributed by atoms with E-state index in [1.165, 1.54) is 12.1 Å². The Balaban J connectivity index is 1.83. The number of tetrazole rings is 1. The Bertz CT molecular complexity index is 594. The minimum absolute atomic E-state index is 0.122. The van der Waals surface area contributed by atoms with Gasteiger partial charge in [0.1, 0.15) is 5.82 Å². The highest BCUT2D eigenvalue weighted by Crippen LogP contribution is 2.23. The quantitative estimate of drug-likeness (QED) is 0.860. The second-order valence-electron chi connectivity index (χ2n) is 4.98. The number of benzene rings is 1. The summed E-state index contributed by atoms with van der Waals surface area (Å²) in [6.45, 7) is 2.27. The third-order valence-electron chi connectivity index (χ3n) is 3.56. The molecule has 2 N–H and O–H groups in total. The SMILES string of the molecule is Nc1ccc(-c2nnnn2CC2CCOCC2)cc1F. The average Bonchev–Trinajstić information content (AvgIpc) is 2.91. The van der Waals surface area contributed by atoms with Crippen LogP contribution in [0.4, 0.5) is 10.1 Å². The molecule has 0 bridgehead atoms. The molecule has 1 saturated heterocycles. The van der Waals surface area contributed by atoms with Gasteiger partial charge in [-0.25, -0.2) is 9.07 Å². The number of aromatic nitrogens is 4. The Morgan fingerprint density at radius 3 is 2.90 bits per heavy atom.